The van der Waals surface area contributed by atoms with Gasteiger partial charge in [0.2, 0.25) is 11.8 Å². The molecule has 0 saturated heterocycles. The maximum Gasteiger partial charge on any atom is 0.255 e. The number of benzene rings is 2. The monoisotopic (exact) mass is 393 g/mol. The van der Waals surface area contributed by atoms with E-state index >= 15 is 0 Å². The Balaban J connectivity index is 1.79. The maximum absolute atomic E-state index is 13.1. The molecule has 1 aliphatic rings. The Labute approximate surface area is 171 Å². The van der Waals surface area contributed by atoms with Crippen molar-refractivity contribution in [2.75, 3.05) is 10.6 Å². The summed E-state index contributed by atoms with van der Waals surface area (Å²) in [6.07, 6.45) is 4.12. The van der Waals surface area contributed by atoms with Crippen LogP contribution in [0.3, 0.4) is 0 Å². The molecule has 3 rings (SSSR count). The molecule has 29 heavy (non-hydrogen) atoms. The Kier molecular flexibility index (Phi) is 6.32. The third kappa shape index (κ3) is 4.83. The van der Waals surface area contributed by atoms with Gasteiger partial charge in [-0.3, -0.25) is 14.4 Å². The second kappa shape index (κ2) is 8.90. The number of rotatable bonds is 5. The second-order valence-electron chi connectivity index (χ2n) is 7.58. The highest BCUT2D eigenvalue weighted by Gasteiger charge is 2.40. The minimum absolute atomic E-state index is 0.206. The van der Waals surface area contributed by atoms with Gasteiger partial charge >= 0.3 is 0 Å². The van der Waals surface area contributed by atoms with Gasteiger partial charge in [0.25, 0.3) is 5.91 Å². The van der Waals surface area contributed by atoms with E-state index in [1.54, 1.807) is 30.3 Å². The van der Waals surface area contributed by atoms with E-state index in [9.17, 15) is 14.4 Å². The zero-order valence-electron chi connectivity index (χ0n) is 16.9. The topological polar surface area (TPSA) is 87.3 Å². The second-order valence-corrected chi connectivity index (χ2v) is 7.58. The van der Waals surface area contributed by atoms with E-state index in [1.165, 1.54) is 6.92 Å². The third-order valence-corrected chi connectivity index (χ3v) is 5.42. The molecular weight excluding hydrogens is 366 g/mol. The summed E-state index contributed by atoms with van der Waals surface area (Å²) in [6.45, 7) is 3.29. The number of anilines is 2. The fourth-order valence-corrected chi connectivity index (χ4v) is 3.83. The van der Waals surface area contributed by atoms with Crippen molar-refractivity contribution in [3.63, 3.8) is 0 Å². The maximum atomic E-state index is 13.1. The summed E-state index contributed by atoms with van der Waals surface area (Å²) >= 11 is 0. The third-order valence-electron chi connectivity index (χ3n) is 5.42. The number of carbonyl (C=O) groups excluding carboxylic acids is 3. The molecule has 152 valence electrons. The molecule has 6 heteroatoms. The molecule has 0 atom stereocenters. The minimum Gasteiger partial charge on any atom is -0.342 e. The Bertz CT molecular complexity index is 903. The van der Waals surface area contributed by atoms with Crippen LogP contribution in [-0.2, 0) is 9.59 Å². The van der Waals surface area contributed by atoms with Crippen LogP contribution >= 0.6 is 0 Å². The van der Waals surface area contributed by atoms with Crippen molar-refractivity contribution in [3.8, 4) is 0 Å². The van der Waals surface area contributed by atoms with Gasteiger partial charge in [0, 0.05) is 23.9 Å². The molecule has 0 bridgehead atoms. The molecule has 0 heterocycles. The number of hydrogen-bond acceptors (Lipinski definition) is 3. The lowest BCUT2D eigenvalue weighted by molar-refractivity contribution is -0.130. The van der Waals surface area contributed by atoms with Gasteiger partial charge < -0.3 is 16.0 Å². The summed E-state index contributed by atoms with van der Waals surface area (Å²) < 4.78 is 0. The molecule has 0 unspecified atom stereocenters. The predicted molar refractivity (Wildman–Crippen MR) is 114 cm³/mol. The van der Waals surface area contributed by atoms with Crippen LogP contribution in [0, 0.1) is 6.92 Å². The van der Waals surface area contributed by atoms with Crippen molar-refractivity contribution in [2.45, 2.75) is 51.5 Å². The summed E-state index contributed by atoms with van der Waals surface area (Å²) in [4.78, 5) is 37.3. The SMILES string of the molecule is CC(=O)NC1(C(=O)Nc2cccc(NC(=O)c3ccccc3)c2C)CCCCC1. The smallest absolute Gasteiger partial charge is 0.255 e. The van der Waals surface area contributed by atoms with Gasteiger partial charge in [0.15, 0.2) is 0 Å². The molecule has 1 saturated carbocycles. The van der Waals surface area contributed by atoms with E-state index in [0.717, 1.165) is 24.8 Å². The van der Waals surface area contributed by atoms with E-state index < -0.39 is 5.54 Å². The molecule has 6 nitrogen and oxygen atoms in total. The highest BCUT2D eigenvalue weighted by atomic mass is 16.2. The van der Waals surface area contributed by atoms with Crippen molar-refractivity contribution in [1.82, 2.24) is 5.32 Å². The van der Waals surface area contributed by atoms with Gasteiger partial charge in [-0.2, -0.15) is 0 Å². The molecule has 1 aliphatic carbocycles. The van der Waals surface area contributed by atoms with Crippen LogP contribution in [0.4, 0.5) is 11.4 Å². The first-order chi connectivity index (χ1) is 13.9. The van der Waals surface area contributed by atoms with Crippen molar-refractivity contribution in [1.29, 1.82) is 0 Å². The Morgan fingerprint density at radius 2 is 1.45 bits per heavy atom. The minimum atomic E-state index is -0.875. The van der Waals surface area contributed by atoms with E-state index in [4.69, 9.17) is 0 Å². The molecule has 1 fully saturated rings. The van der Waals surface area contributed by atoms with Gasteiger partial charge in [-0.25, -0.2) is 0 Å². The predicted octanol–water partition coefficient (Wildman–Crippen LogP) is 4.02. The molecular formula is C23H27N3O3. The Morgan fingerprint density at radius 3 is 2.07 bits per heavy atom. The Hall–Kier alpha value is -3.15. The molecule has 3 amide bonds. The summed E-state index contributed by atoms with van der Waals surface area (Å²) in [5, 5.41) is 8.76. The first-order valence-corrected chi connectivity index (χ1v) is 9.97. The van der Waals surface area contributed by atoms with Gasteiger partial charge in [-0.1, -0.05) is 43.5 Å². The number of nitrogens with one attached hydrogen (secondary N) is 3. The number of hydrogen-bond donors (Lipinski definition) is 3. The lowest BCUT2D eigenvalue weighted by Crippen LogP contribution is -2.57. The van der Waals surface area contributed by atoms with Crippen molar-refractivity contribution in [2.24, 2.45) is 0 Å². The van der Waals surface area contributed by atoms with Crippen molar-refractivity contribution >= 4 is 29.1 Å². The first-order valence-electron chi connectivity index (χ1n) is 9.97. The largest absolute Gasteiger partial charge is 0.342 e. The lowest BCUT2D eigenvalue weighted by Gasteiger charge is -2.36. The molecule has 0 aromatic heterocycles. The first kappa shape index (κ1) is 20.6. The fraction of sp³-hybridized carbons (Fsp3) is 0.348. The van der Waals surface area contributed by atoms with E-state index in [-0.39, 0.29) is 17.7 Å². The van der Waals surface area contributed by atoms with Gasteiger partial charge in [0.05, 0.1) is 0 Å². The zero-order valence-corrected chi connectivity index (χ0v) is 16.9. The van der Waals surface area contributed by atoms with Gasteiger partial charge in [0.1, 0.15) is 5.54 Å². The summed E-state index contributed by atoms with van der Waals surface area (Å²) in [5.41, 5.74) is 1.71. The van der Waals surface area contributed by atoms with Crippen LogP contribution in [0.15, 0.2) is 48.5 Å². The van der Waals surface area contributed by atoms with Crippen LogP contribution in [0.2, 0.25) is 0 Å². The van der Waals surface area contributed by atoms with Crippen molar-refractivity contribution < 1.29 is 14.4 Å². The molecule has 0 radical (unpaired) electrons. The highest BCUT2D eigenvalue weighted by molar-refractivity contribution is 6.06. The average molecular weight is 393 g/mol. The molecule has 0 spiro atoms. The zero-order chi connectivity index (χ0) is 20.9. The van der Waals surface area contributed by atoms with Crippen LogP contribution in [0.25, 0.3) is 0 Å². The van der Waals surface area contributed by atoms with E-state index in [0.29, 0.717) is 29.8 Å². The number of carbonyl (C=O) groups is 3. The molecule has 2 aromatic rings. The number of amides is 3. The molecule has 0 aliphatic heterocycles. The molecule has 2 aromatic carbocycles. The Morgan fingerprint density at radius 1 is 0.828 bits per heavy atom. The normalized spacial score (nSPS) is 15.2. The lowest BCUT2D eigenvalue weighted by atomic mass is 9.80. The van der Waals surface area contributed by atoms with Gasteiger partial charge in [-0.15, -0.1) is 0 Å². The molecule has 3 N–H and O–H groups in total. The van der Waals surface area contributed by atoms with Crippen LogP contribution in [0.1, 0.15) is 54.9 Å². The quantitative estimate of drug-likeness (QED) is 0.717. The van der Waals surface area contributed by atoms with Gasteiger partial charge in [-0.05, 0) is 49.6 Å². The van der Waals surface area contributed by atoms with Crippen LogP contribution in [0.5, 0.6) is 0 Å². The van der Waals surface area contributed by atoms with Crippen LogP contribution in [-0.4, -0.2) is 23.3 Å². The van der Waals surface area contributed by atoms with E-state index in [2.05, 4.69) is 16.0 Å². The summed E-state index contributed by atoms with van der Waals surface area (Å²) in [7, 11) is 0. The highest BCUT2D eigenvalue weighted by Crippen LogP contribution is 2.31. The van der Waals surface area contributed by atoms with Crippen molar-refractivity contribution in [3.05, 3.63) is 59.7 Å². The fourth-order valence-electron chi connectivity index (χ4n) is 3.83. The average Bonchev–Trinajstić information content (AvgIpc) is 2.71. The standard InChI is InChI=1S/C23H27N3O3/c1-16-19(24-21(28)18-10-5-3-6-11-18)12-9-13-20(16)25-22(29)23(26-17(2)27)14-7-4-8-15-23/h3,5-6,9-13H,4,7-8,14-15H2,1-2H3,(H,24,28)(H,25,29)(H,26,27). The van der Waals surface area contributed by atoms with E-state index in [1.807, 2.05) is 25.1 Å². The van der Waals surface area contributed by atoms with Crippen LogP contribution < -0.4 is 16.0 Å². The summed E-state index contributed by atoms with van der Waals surface area (Å²) in [5.74, 6) is -0.621. The summed E-state index contributed by atoms with van der Waals surface area (Å²) in [6, 6.07) is 14.4.